The fraction of sp³-hybridized carbons (Fsp3) is 0.636. The fourth-order valence-electron chi connectivity index (χ4n) is 4.77. The Morgan fingerprint density at radius 3 is 2.36 bits per heavy atom. The SMILES string of the molecule is CCOc1ccc(N2CC(C(=O)NC3CC(C)(C)NC(C)(C)C3)CC2=O)cc1. The molecule has 0 spiro atoms. The number of rotatable bonds is 5. The highest BCUT2D eigenvalue weighted by molar-refractivity contribution is 6.00. The van der Waals surface area contributed by atoms with Gasteiger partial charge < -0.3 is 20.3 Å². The van der Waals surface area contributed by atoms with E-state index in [4.69, 9.17) is 4.74 Å². The van der Waals surface area contributed by atoms with Crippen molar-refractivity contribution in [2.24, 2.45) is 5.92 Å². The second-order valence-electron chi connectivity index (χ2n) is 9.34. The summed E-state index contributed by atoms with van der Waals surface area (Å²) in [5.74, 6) is 0.457. The predicted molar refractivity (Wildman–Crippen MR) is 111 cm³/mol. The number of amides is 2. The first-order valence-electron chi connectivity index (χ1n) is 10.2. The van der Waals surface area contributed by atoms with Crippen molar-refractivity contribution in [1.82, 2.24) is 10.6 Å². The van der Waals surface area contributed by atoms with Crippen LogP contribution in [0.4, 0.5) is 5.69 Å². The van der Waals surface area contributed by atoms with Crippen LogP contribution in [-0.2, 0) is 9.59 Å². The zero-order chi connectivity index (χ0) is 20.5. The third kappa shape index (κ3) is 4.85. The summed E-state index contributed by atoms with van der Waals surface area (Å²) < 4.78 is 5.46. The monoisotopic (exact) mass is 387 g/mol. The van der Waals surface area contributed by atoms with E-state index in [9.17, 15) is 9.59 Å². The molecule has 0 radical (unpaired) electrons. The molecule has 0 aliphatic carbocycles. The van der Waals surface area contributed by atoms with Gasteiger partial charge in [-0.25, -0.2) is 0 Å². The Balaban J connectivity index is 1.62. The Morgan fingerprint density at radius 1 is 1.18 bits per heavy atom. The Kier molecular flexibility index (Phi) is 5.71. The minimum atomic E-state index is -0.305. The standard InChI is InChI=1S/C22H33N3O3/c1-6-28-18-9-7-17(8-10-18)25-14-15(11-19(25)26)20(27)23-16-12-21(2,3)24-22(4,5)13-16/h7-10,15-16,24H,6,11-14H2,1-5H3,(H,23,27). The summed E-state index contributed by atoms with van der Waals surface area (Å²) in [4.78, 5) is 27.1. The summed E-state index contributed by atoms with van der Waals surface area (Å²) in [5, 5.41) is 6.84. The molecule has 154 valence electrons. The molecular weight excluding hydrogens is 354 g/mol. The second kappa shape index (κ2) is 7.74. The van der Waals surface area contributed by atoms with E-state index in [0.717, 1.165) is 24.3 Å². The molecule has 2 amide bonds. The van der Waals surface area contributed by atoms with E-state index < -0.39 is 0 Å². The molecule has 2 saturated heterocycles. The Labute approximate surface area is 168 Å². The molecule has 1 atom stereocenters. The first kappa shape index (κ1) is 20.6. The summed E-state index contributed by atoms with van der Waals surface area (Å²) >= 11 is 0. The Morgan fingerprint density at radius 2 is 1.79 bits per heavy atom. The van der Waals surface area contributed by atoms with Gasteiger partial charge in [-0.3, -0.25) is 9.59 Å². The Hall–Kier alpha value is -2.08. The summed E-state index contributed by atoms with van der Waals surface area (Å²) in [7, 11) is 0. The molecule has 2 N–H and O–H groups in total. The van der Waals surface area contributed by atoms with Crippen molar-refractivity contribution in [3.05, 3.63) is 24.3 Å². The molecule has 1 aromatic carbocycles. The number of benzene rings is 1. The molecule has 6 heteroatoms. The molecule has 1 unspecified atom stereocenters. The number of hydrogen-bond donors (Lipinski definition) is 2. The van der Waals surface area contributed by atoms with Gasteiger partial charge in [-0.2, -0.15) is 0 Å². The number of ether oxygens (including phenoxy) is 1. The molecule has 2 fully saturated rings. The predicted octanol–water partition coefficient (Wildman–Crippen LogP) is 2.86. The topological polar surface area (TPSA) is 70.7 Å². The lowest BCUT2D eigenvalue weighted by Crippen LogP contribution is -2.62. The van der Waals surface area contributed by atoms with E-state index in [1.165, 1.54) is 0 Å². The first-order chi connectivity index (χ1) is 13.1. The molecule has 0 aromatic heterocycles. The molecule has 6 nitrogen and oxygen atoms in total. The lowest BCUT2D eigenvalue weighted by atomic mass is 9.79. The summed E-state index contributed by atoms with van der Waals surface area (Å²) in [6.07, 6.45) is 2.02. The number of hydrogen-bond acceptors (Lipinski definition) is 4. The smallest absolute Gasteiger partial charge is 0.227 e. The van der Waals surface area contributed by atoms with Crippen molar-refractivity contribution in [1.29, 1.82) is 0 Å². The van der Waals surface area contributed by atoms with Crippen LogP contribution in [0.5, 0.6) is 5.75 Å². The largest absolute Gasteiger partial charge is 0.494 e. The van der Waals surface area contributed by atoms with Crippen LogP contribution in [0.3, 0.4) is 0 Å². The van der Waals surface area contributed by atoms with Gasteiger partial charge in [-0.15, -0.1) is 0 Å². The van der Waals surface area contributed by atoms with E-state index in [1.54, 1.807) is 4.90 Å². The van der Waals surface area contributed by atoms with Gasteiger partial charge >= 0.3 is 0 Å². The Bertz CT molecular complexity index is 711. The van der Waals surface area contributed by atoms with Crippen molar-refractivity contribution in [3.63, 3.8) is 0 Å². The van der Waals surface area contributed by atoms with Crippen LogP contribution in [0, 0.1) is 5.92 Å². The van der Waals surface area contributed by atoms with Gasteiger partial charge in [-0.1, -0.05) is 0 Å². The minimum absolute atomic E-state index is 0.00437. The lowest BCUT2D eigenvalue weighted by molar-refractivity contribution is -0.127. The van der Waals surface area contributed by atoms with Gasteiger partial charge in [0.15, 0.2) is 0 Å². The van der Waals surface area contributed by atoms with Crippen LogP contribution in [0.25, 0.3) is 0 Å². The van der Waals surface area contributed by atoms with Crippen molar-refractivity contribution in [2.75, 3.05) is 18.1 Å². The minimum Gasteiger partial charge on any atom is -0.494 e. The fourth-order valence-corrected chi connectivity index (χ4v) is 4.77. The number of nitrogens with zero attached hydrogens (tertiary/aromatic N) is 1. The molecule has 1 aromatic rings. The molecule has 0 saturated carbocycles. The van der Waals surface area contributed by atoms with Crippen LogP contribution >= 0.6 is 0 Å². The van der Waals surface area contributed by atoms with Gasteiger partial charge in [0.05, 0.1) is 12.5 Å². The normalized spacial score (nSPS) is 24.2. The van der Waals surface area contributed by atoms with Crippen molar-refractivity contribution in [2.45, 2.75) is 71.0 Å². The van der Waals surface area contributed by atoms with Crippen molar-refractivity contribution in [3.8, 4) is 5.75 Å². The van der Waals surface area contributed by atoms with Gasteiger partial charge in [0.1, 0.15) is 5.75 Å². The maximum atomic E-state index is 12.9. The first-order valence-corrected chi connectivity index (χ1v) is 10.2. The molecule has 0 bridgehead atoms. The summed E-state index contributed by atoms with van der Waals surface area (Å²) in [6.45, 7) is 11.6. The summed E-state index contributed by atoms with van der Waals surface area (Å²) in [6, 6.07) is 7.59. The number of nitrogens with one attached hydrogen (secondary N) is 2. The van der Waals surface area contributed by atoms with Crippen molar-refractivity contribution < 1.29 is 14.3 Å². The number of piperidine rings is 1. The number of carbonyl (C=O) groups is 2. The molecular formula is C22H33N3O3. The molecule has 2 heterocycles. The highest BCUT2D eigenvalue weighted by Crippen LogP contribution is 2.30. The maximum Gasteiger partial charge on any atom is 0.227 e. The van der Waals surface area contributed by atoms with E-state index in [2.05, 4.69) is 38.3 Å². The van der Waals surface area contributed by atoms with E-state index >= 15 is 0 Å². The highest BCUT2D eigenvalue weighted by Gasteiger charge is 2.40. The van der Waals surface area contributed by atoms with Gasteiger partial charge in [0.25, 0.3) is 0 Å². The van der Waals surface area contributed by atoms with Crippen LogP contribution < -0.4 is 20.3 Å². The average Bonchev–Trinajstić information content (AvgIpc) is 2.95. The van der Waals surface area contributed by atoms with Gasteiger partial charge in [0, 0.05) is 35.8 Å². The van der Waals surface area contributed by atoms with Crippen LogP contribution in [0.2, 0.25) is 0 Å². The van der Waals surface area contributed by atoms with Crippen molar-refractivity contribution >= 4 is 17.5 Å². The average molecular weight is 388 g/mol. The molecule has 3 rings (SSSR count). The number of anilines is 1. The van der Waals surface area contributed by atoms with Gasteiger partial charge in [-0.05, 0) is 71.7 Å². The van der Waals surface area contributed by atoms with E-state index in [0.29, 0.717) is 13.2 Å². The maximum absolute atomic E-state index is 12.9. The van der Waals surface area contributed by atoms with E-state index in [-0.39, 0.29) is 41.3 Å². The summed E-state index contributed by atoms with van der Waals surface area (Å²) in [5.41, 5.74) is 0.756. The number of carbonyl (C=O) groups excluding carboxylic acids is 2. The zero-order valence-corrected chi connectivity index (χ0v) is 17.7. The quantitative estimate of drug-likeness (QED) is 0.815. The molecule has 2 aliphatic rings. The van der Waals surface area contributed by atoms with Gasteiger partial charge in [0.2, 0.25) is 11.8 Å². The molecule has 28 heavy (non-hydrogen) atoms. The lowest BCUT2D eigenvalue weighted by Gasteiger charge is -2.46. The van der Waals surface area contributed by atoms with Crippen LogP contribution in [0.15, 0.2) is 24.3 Å². The third-order valence-corrected chi connectivity index (χ3v) is 5.49. The molecule has 2 aliphatic heterocycles. The van der Waals surface area contributed by atoms with E-state index in [1.807, 2.05) is 31.2 Å². The van der Waals surface area contributed by atoms with Crippen LogP contribution in [-0.4, -0.2) is 42.1 Å². The second-order valence-corrected chi connectivity index (χ2v) is 9.34. The third-order valence-electron chi connectivity index (χ3n) is 5.49. The van der Waals surface area contributed by atoms with Crippen LogP contribution in [0.1, 0.15) is 53.9 Å². The highest BCUT2D eigenvalue weighted by atomic mass is 16.5. The zero-order valence-electron chi connectivity index (χ0n) is 17.7.